The first kappa shape index (κ1) is 11.9. The molecule has 19 heavy (non-hydrogen) atoms. The summed E-state index contributed by atoms with van der Waals surface area (Å²) in [5, 5.41) is 9.88. The van der Waals surface area contributed by atoms with Crippen LogP contribution in [-0.4, -0.2) is 19.6 Å². The number of aromatic nitrogens is 3. The van der Waals surface area contributed by atoms with Crippen molar-refractivity contribution in [3.8, 4) is 0 Å². The molecule has 3 rings (SSSR count). The molecular formula is C15H15N3O. The average molecular weight is 253 g/mol. The summed E-state index contributed by atoms with van der Waals surface area (Å²) < 4.78 is 2.02. The second-order valence-electron chi connectivity index (χ2n) is 4.54. The van der Waals surface area contributed by atoms with Crippen LogP contribution in [0.5, 0.6) is 0 Å². The zero-order valence-electron chi connectivity index (χ0n) is 10.7. The molecule has 1 unspecified atom stereocenters. The predicted molar refractivity (Wildman–Crippen MR) is 73.7 cm³/mol. The number of imidazole rings is 1. The molecule has 0 aliphatic carbocycles. The van der Waals surface area contributed by atoms with Gasteiger partial charge in [0.15, 0.2) is 0 Å². The van der Waals surface area contributed by atoms with E-state index < -0.39 is 6.10 Å². The molecule has 0 spiro atoms. The number of aliphatic hydroxyl groups is 1. The summed E-state index contributed by atoms with van der Waals surface area (Å²) in [5.41, 5.74) is 2.87. The molecule has 0 saturated carbocycles. The van der Waals surface area contributed by atoms with Crippen LogP contribution in [0, 0.1) is 0 Å². The number of benzene rings is 1. The third-order valence-electron chi connectivity index (χ3n) is 3.10. The van der Waals surface area contributed by atoms with Gasteiger partial charge in [-0.25, -0.2) is 4.98 Å². The van der Waals surface area contributed by atoms with Crippen molar-refractivity contribution in [3.05, 3.63) is 60.2 Å². The summed E-state index contributed by atoms with van der Waals surface area (Å²) in [6.07, 6.45) is 1.17. The Balaban J connectivity index is 2.12. The molecule has 4 nitrogen and oxygen atoms in total. The maximum atomic E-state index is 9.88. The highest BCUT2D eigenvalue weighted by Gasteiger charge is 2.14. The van der Waals surface area contributed by atoms with Gasteiger partial charge < -0.3 is 9.67 Å². The van der Waals surface area contributed by atoms with Crippen molar-refractivity contribution < 1.29 is 5.11 Å². The minimum Gasteiger partial charge on any atom is -0.385 e. The van der Waals surface area contributed by atoms with Gasteiger partial charge in [-0.3, -0.25) is 4.98 Å². The lowest BCUT2D eigenvalue weighted by molar-refractivity contribution is 0.185. The minimum absolute atomic E-state index is 0.601. The van der Waals surface area contributed by atoms with Gasteiger partial charge >= 0.3 is 0 Å². The molecule has 1 aromatic carbocycles. The summed E-state index contributed by atoms with van der Waals surface area (Å²) >= 11 is 0. The van der Waals surface area contributed by atoms with Crippen molar-refractivity contribution in [3.63, 3.8) is 0 Å². The summed E-state index contributed by atoms with van der Waals surface area (Å²) in [6, 6.07) is 13.7. The Labute approximate surface area is 111 Å². The second-order valence-corrected chi connectivity index (χ2v) is 4.54. The van der Waals surface area contributed by atoms with Crippen molar-refractivity contribution >= 4 is 11.0 Å². The van der Waals surface area contributed by atoms with Gasteiger partial charge in [-0.05, 0) is 31.2 Å². The topological polar surface area (TPSA) is 50.9 Å². The number of hydrogen-bond acceptors (Lipinski definition) is 3. The number of aliphatic hydroxyl groups excluding tert-OH is 1. The van der Waals surface area contributed by atoms with E-state index in [-0.39, 0.29) is 0 Å². The number of rotatable bonds is 3. The molecule has 0 bridgehead atoms. The lowest BCUT2D eigenvalue weighted by atomic mass is 10.3. The van der Waals surface area contributed by atoms with E-state index in [0.717, 1.165) is 16.7 Å². The zero-order chi connectivity index (χ0) is 13.2. The third-order valence-corrected chi connectivity index (χ3v) is 3.10. The van der Waals surface area contributed by atoms with Crippen LogP contribution in [0.25, 0.3) is 11.0 Å². The largest absolute Gasteiger partial charge is 0.385 e. The van der Waals surface area contributed by atoms with E-state index in [0.29, 0.717) is 12.4 Å². The van der Waals surface area contributed by atoms with E-state index in [1.54, 1.807) is 13.1 Å². The highest BCUT2D eigenvalue weighted by atomic mass is 16.3. The number of para-hydroxylation sites is 2. The third kappa shape index (κ3) is 2.22. The fourth-order valence-corrected chi connectivity index (χ4v) is 2.23. The maximum absolute atomic E-state index is 9.88. The van der Waals surface area contributed by atoms with Gasteiger partial charge in [-0.2, -0.15) is 0 Å². The smallest absolute Gasteiger partial charge is 0.138 e. The van der Waals surface area contributed by atoms with Gasteiger partial charge in [0.25, 0.3) is 0 Å². The molecule has 96 valence electrons. The molecule has 0 aliphatic heterocycles. The molecule has 0 saturated heterocycles. The maximum Gasteiger partial charge on any atom is 0.138 e. The highest BCUT2D eigenvalue weighted by molar-refractivity contribution is 5.76. The van der Waals surface area contributed by atoms with Gasteiger partial charge in [-0.1, -0.05) is 18.2 Å². The van der Waals surface area contributed by atoms with Crippen LogP contribution < -0.4 is 0 Å². The van der Waals surface area contributed by atoms with Crippen LogP contribution in [-0.2, 0) is 6.54 Å². The molecule has 1 N–H and O–H groups in total. The number of pyridine rings is 1. The monoisotopic (exact) mass is 253 g/mol. The van der Waals surface area contributed by atoms with Gasteiger partial charge in [0.2, 0.25) is 0 Å². The normalized spacial score (nSPS) is 12.7. The van der Waals surface area contributed by atoms with Crippen molar-refractivity contribution in [2.45, 2.75) is 19.6 Å². The average Bonchev–Trinajstić information content (AvgIpc) is 2.79. The molecule has 2 aromatic heterocycles. The van der Waals surface area contributed by atoms with Crippen LogP contribution in [0.15, 0.2) is 48.7 Å². The van der Waals surface area contributed by atoms with E-state index in [1.165, 1.54) is 0 Å². The van der Waals surface area contributed by atoms with E-state index >= 15 is 0 Å². The van der Waals surface area contributed by atoms with E-state index in [1.807, 2.05) is 47.0 Å². The summed E-state index contributed by atoms with van der Waals surface area (Å²) in [6.45, 7) is 2.34. The Bertz CT molecular complexity index is 689. The first-order valence-corrected chi connectivity index (χ1v) is 6.29. The van der Waals surface area contributed by atoms with Crippen LogP contribution in [0.3, 0.4) is 0 Å². The van der Waals surface area contributed by atoms with Crippen LogP contribution in [0.2, 0.25) is 0 Å². The first-order chi connectivity index (χ1) is 9.25. The van der Waals surface area contributed by atoms with Crippen LogP contribution >= 0.6 is 0 Å². The Hall–Kier alpha value is -2.20. The molecule has 0 amide bonds. The molecule has 0 radical (unpaired) electrons. The lowest BCUT2D eigenvalue weighted by Gasteiger charge is -2.10. The van der Waals surface area contributed by atoms with Gasteiger partial charge in [0, 0.05) is 6.20 Å². The quantitative estimate of drug-likeness (QED) is 0.780. The predicted octanol–water partition coefficient (Wildman–Crippen LogP) is 2.53. The summed E-state index contributed by atoms with van der Waals surface area (Å²) in [4.78, 5) is 8.82. The lowest BCUT2D eigenvalue weighted by Crippen LogP contribution is -2.08. The van der Waals surface area contributed by atoms with Crippen molar-refractivity contribution in [1.29, 1.82) is 0 Å². The van der Waals surface area contributed by atoms with E-state index in [2.05, 4.69) is 9.97 Å². The van der Waals surface area contributed by atoms with E-state index in [4.69, 9.17) is 0 Å². The Morgan fingerprint density at radius 1 is 1.16 bits per heavy atom. The Kier molecular flexibility index (Phi) is 3.01. The Morgan fingerprint density at radius 2 is 1.95 bits per heavy atom. The minimum atomic E-state index is -0.601. The summed E-state index contributed by atoms with van der Waals surface area (Å²) in [7, 11) is 0. The number of fused-ring (bicyclic) bond motifs is 1. The van der Waals surface area contributed by atoms with Gasteiger partial charge in [0.1, 0.15) is 11.9 Å². The molecule has 4 heteroatoms. The highest BCUT2D eigenvalue weighted by Crippen LogP contribution is 2.21. The second kappa shape index (κ2) is 4.82. The van der Waals surface area contributed by atoms with Gasteiger partial charge in [0.05, 0.1) is 23.3 Å². The van der Waals surface area contributed by atoms with Crippen molar-refractivity contribution in [1.82, 2.24) is 14.5 Å². The molecular weight excluding hydrogens is 238 g/mol. The zero-order valence-corrected chi connectivity index (χ0v) is 10.7. The SMILES string of the molecule is CC(O)c1nc2ccccc2n1Cc1ccccn1. The number of hydrogen-bond donors (Lipinski definition) is 1. The van der Waals surface area contributed by atoms with Crippen LogP contribution in [0.1, 0.15) is 24.5 Å². The number of nitrogens with zero attached hydrogens (tertiary/aromatic N) is 3. The first-order valence-electron chi connectivity index (χ1n) is 6.29. The fraction of sp³-hybridized carbons (Fsp3) is 0.200. The molecule has 0 fully saturated rings. The molecule has 2 heterocycles. The summed E-state index contributed by atoms with van der Waals surface area (Å²) in [5.74, 6) is 0.673. The van der Waals surface area contributed by atoms with Crippen molar-refractivity contribution in [2.75, 3.05) is 0 Å². The molecule has 0 aliphatic rings. The fourth-order valence-electron chi connectivity index (χ4n) is 2.23. The van der Waals surface area contributed by atoms with Crippen LogP contribution in [0.4, 0.5) is 0 Å². The van der Waals surface area contributed by atoms with E-state index in [9.17, 15) is 5.11 Å². The van der Waals surface area contributed by atoms with Crippen molar-refractivity contribution in [2.24, 2.45) is 0 Å². The van der Waals surface area contributed by atoms with Gasteiger partial charge in [-0.15, -0.1) is 0 Å². The molecule has 1 atom stereocenters. The molecule has 3 aromatic rings. The standard InChI is InChI=1S/C15H15N3O/c1-11(19)15-17-13-7-2-3-8-14(13)18(15)10-12-6-4-5-9-16-12/h2-9,11,19H,10H2,1H3. The Morgan fingerprint density at radius 3 is 2.68 bits per heavy atom.